The van der Waals surface area contributed by atoms with E-state index in [2.05, 4.69) is 32.0 Å². The molecule has 2 saturated heterocycles. The molecule has 3 aromatic heterocycles. The van der Waals surface area contributed by atoms with Crippen LogP contribution in [0.2, 0.25) is 0 Å². The van der Waals surface area contributed by atoms with Crippen molar-refractivity contribution in [3.05, 3.63) is 29.4 Å². The van der Waals surface area contributed by atoms with Gasteiger partial charge in [-0.1, -0.05) is 0 Å². The van der Waals surface area contributed by atoms with E-state index in [-0.39, 0.29) is 12.2 Å². The number of ether oxygens (including phenoxy) is 2. The van der Waals surface area contributed by atoms with Gasteiger partial charge in [0.05, 0.1) is 18.9 Å². The van der Waals surface area contributed by atoms with Crippen LogP contribution in [0.4, 0.5) is 10.5 Å². The van der Waals surface area contributed by atoms with Crippen molar-refractivity contribution in [3.8, 4) is 10.7 Å². The lowest BCUT2D eigenvalue weighted by atomic mass is 10.2. The monoisotopic (exact) mass is 425 g/mol. The number of rotatable bonds is 4. The highest BCUT2D eigenvalue weighted by Crippen LogP contribution is 2.44. The number of aromatic nitrogens is 3. The van der Waals surface area contributed by atoms with E-state index in [0.717, 1.165) is 40.5 Å². The number of thiazole rings is 1. The van der Waals surface area contributed by atoms with Crippen molar-refractivity contribution < 1.29 is 14.3 Å². The molecule has 1 amide bonds. The summed E-state index contributed by atoms with van der Waals surface area (Å²) in [6.07, 6.45) is 6.11. The van der Waals surface area contributed by atoms with Crippen molar-refractivity contribution in [2.24, 2.45) is 0 Å². The summed E-state index contributed by atoms with van der Waals surface area (Å²) in [6, 6.07) is 4.21. The van der Waals surface area contributed by atoms with Gasteiger partial charge in [0.25, 0.3) is 0 Å². The number of carbonyl (C=O) groups is 1. The van der Waals surface area contributed by atoms with E-state index in [1.807, 2.05) is 12.4 Å². The molecule has 9 heteroatoms. The summed E-state index contributed by atoms with van der Waals surface area (Å²) in [5.74, 6) is 0.717. The molecule has 6 rings (SSSR count). The van der Waals surface area contributed by atoms with Crippen molar-refractivity contribution in [1.29, 1.82) is 0 Å². The average Bonchev–Trinajstić information content (AvgIpc) is 3.30. The van der Waals surface area contributed by atoms with Gasteiger partial charge in [0.2, 0.25) is 0 Å². The fraction of sp³-hybridized carbons (Fsp3) is 0.476. The highest BCUT2D eigenvalue weighted by molar-refractivity contribution is 7.15. The number of amides is 1. The van der Waals surface area contributed by atoms with Crippen molar-refractivity contribution in [2.45, 2.75) is 24.9 Å². The summed E-state index contributed by atoms with van der Waals surface area (Å²) in [7, 11) is 0. The molecule has 5 heterocycles. The fourth-order valence-corrected chi connectivity index (χ4v) is 5.06. The Bertz CT molecular complexity index is 1080. The van der Waals surface area contributed by atoms with Gasteiger partial charge in [0.15, 0.2) is 6.10 Å². The number of nitrogens with zero attached hydrogens (tertiary/aromatic N) is 4. The Morgan fingerprint density at radius 2 is 2.03 bits per heavy atom. The maximum atomic E-state index is 12.3. The SMILES string of the molecule is O=C(OC1COC1)N1CCN(c2ccnc3[nH]c(-c4ncc(C5CC5)s4)cc23)CC1. The van der Waals surface area contributed by atoms with E-state index in [9.17, 15) is 4.79 Å². The van der Waals surface area contributed by atoms with E-state index in [0.29, 0.717) is 32.2 Å². The minimum atomic E-state index is -0.234. The lowest BCUT2D eigenvalue weighted by Gasteiger charge is -2.37. The van der Waals surface area contributed by atoms with Crippen LogP contribution in [0.3, 0.4) is 0 Å². The Kier molecular flexibility index (Phi) is 4.38. The molecule has 8 nitrogen and oxygen atoms in total. The fourth-order valence-electron chi connectivity index (χ4n) is 4.00. The predicted octanol–water partition coefficient (Wildman–Crippen LogP) is 3.22. The first kappa shape index (κ1) is 18.1. The van der Waals surface area contributed by atoms with Crippen molar-refractivity contribution in [2.75, 3.05) is 44.3 Å². The summed E-state index contributed by atoms with van der Waals surface area (Å²) in [5, 5.41) is 2.12. The van der Waals surface area contributed by atoms with Crippen molar-refractivity contribution in [1.82, 2.24) is 19.9 Å². The first-order valence-electron chi connectivity index (χ1n) is 10.5. The molecule has 1 aliphatic carbocycles. The molecule has 3 aliphatic rings. The van der Waals surface area contributed by atoms with Gasteiger partial charge in [-0.25, -0.2) is 14.8 Å². The molecule has 30 heavy (non-hydrogen) atoms. The Morgan fingerprint density at radius 1 is 1.20 bits per heavy atom. The molecule has 0 bridgehead atoms. The molecular formula is C21H23N5O3S. The molecule has 0 atom stereocenters. The zero-order valence-corrected chi connectivity index (χ0v) is 17.4. The van der Waals surface area contributed by atoms with Gasteiger partial charge in [-0.2, -0.15) is 0 Å². The van der Waals surface area contributed by atoms with Crippen LogP contribution in [-0.2, 0) is 9.47 Å². The van der Waals surface area contributed by atoms with Crippen molar-refractivity contribution >= 4 is 34.2 Å². The van der Waals surface area contributed by atoms with Crippen LogP contribution < -0.4 is 4.90 Å². The van der Waals surface area contributed by atoms with Gasteiger partial charge >= 0.3 is 6.09 Å². The average molecular weight is 426 g/mol. The van der Waals surface area contributed by atoms with E-state index in [1.165, 1.54) is 17.7 Å². The zero-order chi connectivity index (χ0) is 20.1. The molecule has 0 unspecified atom stereocenters. The third-order valence-electron chi connectivity index (χ3n) is 6.00. The Hall–Kier alpha value is -2.65. The van der Waals surface area contributed by atoms with Crippen LogP contribution in [0.15, 0.2) is 24.5 Å². The van der Waals surface area contributed by atoms with E-state index >= 15 is 0 Å². The van der Waals surface area contributed by atoms with Crippen LogP contribution in [-0.4, -0.2) is 71.4 Å². The number of nitrogens with one attached hydrogen (secondary N) is 1. The summed E-state index contributed by atoms with van der Waals surface area (Å²) in [6.45, 7) is 3.84. The van der Waals surface area contributed by atoms with Crippen molar-refractivity contribution in [3.63, 3.8) is 0 Å². The molecule has 2 aliphatic heterocycles. The third-order valence-corrected chi connectivity index (χ3v) is 7.19. The van der Waals surface area contributed by atoms with Crippen LogP contribution in [0.1, 0.15) is 23.6 Å². The molecular weight excluding hydrogens is 402 g/mol. The van der Waals surface area contributed by atoms with E-state index < -0.39 is 0 Å². The topological polar surface area (TPSA) is 83.6 Å². The summed E-state index contributed by atoms with van der Waals surface area (Å²) in [5.41, 5.74) is 3.03. The number of piperazine rings is 1. The maximum Gasteiger partial charge on any atom is 0.410 e. The molecule has 0 aromatic carbocycles. The summed E-state index contributed by atoms with van der Waals surface area (Å²) < 4.78 is 10.5. The number of H-pyrrole nitrogens is 1. The van der Waals surface area contributed by atoms with Crippen LogP contribution >= 0.6 is 11.3 Å². The minimum absolute atomic E-state index is 0.0834. The smallest absolute Gasteiger partial charge is 0.410 e. The number of aromatic amines is 1. The van der Waals surface area contributed by atoms with Gasteiger partial charge < -0.3 is 24.3 Å². The van der Waals surface area contributed by atoms with Crippen LogP contribution in [0.25, 0.3) is 21.7 Å². The molecule has 156 valence electrons. The van der Waals surface area contributed by atoms with Gasteiger partial charge in [-0.3, -0.25) is 0 Å². The predicted molar refractivity (Wildman–Crippen MR) is 114 cm³/mol. The Balaban J connectivity index is 1.19. The van der Waals surface area contributed by atoms with Gasteiger partial charge in [0, 0.05) is 54.5 Å². The second-order valence-electron chi connectivity index (χ2n) is 8.13. The Morgan fingerprint density at radius 3 is 2.77 bits per heavy atom. The normalized spacial score (nSPS) is 19.9. The first-order valence-corrected chi connectivity index (χ1v) is 11.3. The largest absolute Gasteiger partial charge is 0.441 e. The van der Waals surface area contributed by atoms with E-state index in [4.69, 9.17) is 9.47 Å². The number of hydrogen-bond donors (Lipinski definition) is 1. The number of hydrogen-bond acceptors (Lipinski definition) is 7. The molecule has 1 N–H and O–H groups in total. The second-order valence-corrected chi connectivity index (χ2v) is 9.20. The number of anilines is 1. The highest BCUT2D eigenvalue weighted by atomic mass is 32.1. The quantitative estimate of drug-likeness (QED) is 0.691. The highest BCUT2D eigenvalue weighted by Gasteiger charge is 2.29. The molecule has 3 aromatic rings. The van der Waals surface area contributed by atoms with E-state index in [1.54, 1.807) is 16.2 Å². The Labute approximate surface area is 177 Å². The summed E-state index contributed by atoms with van der Waals surface area (Å²) in [4.78, 5) is 30.4. The maximum absolute atomic E-state index is 12.3. The molecule has 3 fully saturated rings. The van der Waals surface area contributed by atoms with Crippen LogP contribution in [0.5, 0.6) is 0 Å². The van der Waals surface area contributed by atoms with Crippen LogP contribution in [0, 0.1) is 0 Å². The number of fused-ring (bicyclic) bond motifs is 1. The van der Waals surface area contributed by atoms with Gasteiger partial charge in [-0.05, 0) is 30.9 Å². The lowest BCUT2D eigenvalue weighted by molar-refractivity contribution is -0.104. The number of carbonyl (C=O) groups excluding carboxylic acids is 1. The summed E-state index contributed by atoms with van der Waals surface area (Å²) >= 11 is 1.78. The first-order chi connectivity index (χ1) is 14.7. The molecule has 0 radical (unpaired) electrons. The molecule has 0 spiro atoms. The minimum Gasteiger partial charge on any atom is -0.441 e. The van der Waals surface area contributed by atoms with Gasteiger partial charge in [0.1, 0.15) is 10.7 Å². The van der Waals surface area contributed by atoms with Gasteiger partial charge in [-0.15, -0.1) is 11.3 Å². The zero-order valence-electron chi connectivity index (χ0n) is 16.5. The molecule has 1 saturated carbocycles. The standard InChI is InChI=1S/C21H23N5O3S/c27-21(29-14-11-28-12-14)26-7-5-25(6-8-26)17-3-4-22-19-15(17)9-16(24-19)20-23-10-18(30-20)13-1-2-13/h3-4,9-10,13-14H,1-2,5-8,11-12H2,(H,22,24). The number of pyridine rings is 1. The third kappa shape index (κ3) is 3.31. The lowest BCUT2D eigenvalue weighted by Crippen LogP contribution is -2.51. The second kappa shape index (κ2) is 7.24.